The minimum absolute atomic E-state index is 0.639. The molecule has 1 N–H and O–H groups in total. The first-order chi connectivity index (χ1) is 9.27. The molecule has 0 unspecified atom stereocenters. The van der Waals surface area contributed by atoms with Gasteiger partial charge in [0.1, 0.15) is 5.75 Å². The number of rotatable bonds is 10. The highest BCUT2D eigenvalue weighted by Crippen LogP contribution is 2.23. The van der Waals surface area contributed by atoms with Crippen LogP contribution in [0.2, 0.25) is 0 Å². The molecule has 0 saturated heterocycles. The molecule has 0 aliphatic rings. The third-order valence-corrected chi connectivity index (χ3v) is 3.01. The molecule has 0 bridgehead atoms. The third kappa shape index (κ3) is 6.92. The average Bonchev–Trinajstić information content (AvgIpc) is 2.40. The Morgan fingerprint density at radius 1 is 1.16 bits per heavy atom. The number of hydrogen-bond donors (Lipinski definition) is 1. The van der Waals surface area contributed by atoms with Crippen LogP contribution in [0.4, 0.5) is 0 Å². The van der Waals surface area contributed by atoms with Gasteiger partial charge in [-0.05, 0) is 25.2 Å². The van der Waals surface area contributed by atoms with Crippen molar-refractivity contribution in [3.05, 3.63) is 28.2 Å². The molecule has 0 spiro atoms. The molecule has 1 aromatic rings. The molecule has 1 rings (SSSR count). The van der Waals surface area contributed by atoms with Crippen LogP contribution in [0.3, 0.4) is 0 Å². The van der Waals surface area contributed by atoms with Crippen molar-refractivity contribution in [2.24, 2.45) is 0 Å². The van der Waals surface area contributed by atoms with E-state index >= 15 is 0 Å². The van der Waals surface area contributed by atoms with E-state index in [-0.39, 0.29) is 0 Å². The summed E-state index contributed by atoms with van der Waals surface area (Å²) in [6, 6.07) is 6.05. The fourth-order valence-corrected chi connectivity index (χ4v) is 2.01. The van der Waals surface area contributed by atoms with Crippen molar-refractivity contribution in [2.45, 2.75) is 13.0 Å². The van der Waals surface area contributed by atoms with Crippen molar-refractivity contribution in [3.63, 3.8) is 0 Å². The SMILES string of the molecule is CNCc1cc(Br)ccc1OCCCOCCOC. The van der Waals surface area contributed by atoms with Crippen molar-refractivity contribution < 1.29 is 14.2 Å². The van der Waals surface area contributed by atoms with Crippen molar-refractivity contribution in [1.82, 2.24) is 5.32 Å². The highest BCUT2D eigenvalue weighted by molar-refractivity contribution is 9.10. The standard InChI is InChI=1S/C14H22BrNO3/c1-16-11-12-10-13(15)4-5-14(12)19-7-3-6-18-9-8-17-2/h4-5,10,16H,3,6-9,11H2,1-2H3. The molecule has 0 amide bonds. The van der Waals surface area contributed by atoms with Crippen LogP contribution < -0.4 is 10.1 Å². The monoisotopic (exact) mass is 331 g/mol. The lowest BCUT2D eigenvalue weighted by Gasteiger charge is -2.12. The van der Waals surface area contributed by atoms with Crippen LogP contribution in [0.25, 0.3) is 0 Å². The lowest BCUT2D eigenvalue weighted by molar-refractivity contribution is 0.0644. The summed E-state index contributed by atoms with van der Waals surface area (Å²) in [5, 5.41) is 3.14. The molecular formula is C14H22BrNO3. The third-order valence-electron chi connectivity index (χ3n) is 2.51. The molecule has 0 atom stereocenters. The smallest absolute Gasteiger partial charge is 0.123 e. The van der Waals surface area contributed by atoms with Gasteiger partial charge in [0.2, 0.25) is 0 Å². The molecule has 0 heterocycles. The van der Waals surface area contributed by atoms with E-state index in [4.69, 9.17) is 14.2 Å². The van der Waals surface area contributed by atoms with Crippen LogP contribution in [-0.2, 0) is 16.0 Å². The molecule has 108 valence electrons. The fourth-order valence-electron chi connectivity index (χ4n) is 1.60. The first-order valence-corrected chi connectivity index (χ1v) is 7.19. The van der Waals surface area contributed by atoms with E-state index in [0.717, 1.165) is 28.8 Å². The molecule has 0 radical (unpaired) electrons. The number of benzene rings is 1. The average molecular weight is 332 g/mol. The normalized spacial score (nSPS) is 10.7. The van der Waals surface area contributed by atoms with Gasteiger partial charge in [-0.1, -0.05) is 15.9 Å². The summed E-state index contributed by atoms with van der Waals surface area (Å²) in [6.07, 6.45) is 0.874. The quantitative estimate of drug-likeness (QED) is 0.669. The van der Waals surface area contributed by atoms with E-state index in [0.29, 0.717) is 26.4 Å². The highest BCUT2D eigenvalue weighted by atomic mass is 79.9. The summed E-state index contributed by atoms with van der Waals surface area (Å²) in [5.41, 5.74) is 1.15. The zero-order chi connectivity index (χ0) is 13.9. The van der Waals surface area contributed by atoms with Crippen molar-refractivity contribution in [3.8, 4) is 5.75 Å². The number of hydrogen-bond acceptors (Lipinski definition) is 4. The number of nitrogens with one attached hydrogen (secondary N) is 1. The van der Waals surface area contributed by atoms with Gasteiger partial charge >= 0.3 is 0 Å². The molecule has 4 nitrogen and oxygen atoms in total. The molecule has 1 aromatic carbocycles. The van der Waals surface area contributed by atoms with E-state index in [1.165, 1.54) is 0 Å². The molecule has 0 aliphatic heterocycles. The Bertz CT molecular complexity index is 361. The molecule has 0 aromatic heterocycles. The second kappa shape index (κ2) is 10.2. The molecular weight excluding hydrogens is 310 g/mol. The summed E-state index contributed by atoms with van der Waals surface area (Å²) in [6.45, 7) is 3.42. The predicted octanol–water partition coefficient (Wildman–Crippen LogP) is 2.60. The van der Waals surface area contributed by atoms with Gasteiger partial charge in [-0.15, -0.1) is 0 Å². The predicted molar refractivity (Wildman–Crippen MR) is 79.7 cm³/mol. The molecule has 0 saturated carbocycles. The van der Waals surface area contributed by atoms with Crippen molar-refractivity contribution >= 4 is 15.9 Å². The van der Waals surface area contributed by atoms with E-state index in [9.17, 15) is 0 Å². The number of methoxy groups -OCH3 is 1. The van der Waals surface area contributed by atoms with Gasteiger partial charge in [-0.2, -0.15) is 0 Å². The van der Waals surface area contributed by atoms with Crippen LogP contribution in [0, 0.1) is 0 Å². The minimum Gasteiger partial charge on any atom is -0.493 e. The molecule has 5 heteroatoms. The molecule has 0 aliphatic carbocycles. The summed E-state index contributed by atoms with van der Waals surface area (Å²) in [5.74, 6) is 0.925. The largest absolute Gasteiger partial charge is 0.493 e. The van der Waals surface area contributed by atoms with E-state index in [2.05, 4.69) is 27.3 Å². The first-order valence-electron chi connectivity index (χ1n) is 6.40. The van der Waals surface area contributed by atoms with Gasteiger partial charge < -0.3 is 19.5 Å². The summed E-state index contributed by atoms with van der Waals surface area (Å²) >= 11 is 3.47. The highest BCUT2D eigenvalue weighted by Gasteiger charge is 2.03. The maximum absolute atomic E-state index is 5.78. The maximum Gasteiger partial charge on any atom is 0.123 e. The van der Waals surface area contributed by atoms with E-state index in [1.54, 1.807) is 7.11 Å². The minimum atomic E-state index is 0.639. The Kier molecular flexibility index (Phi) is 8.82. The van der Waals surface area contributed by atoms with Gasteiger partial charge in [0.25, 0.3) is 0 Å². The maximum atomic E-state index is 5.78. The van der Waals surface area contributed by atoms with Crippen LogP contribution in [-0.4, -0.2) is 40.6 Å². The van der Waals surface area contributed by atoms with Crippen molar-refractivity contribution in [1.29, 1.82) is 0 Å². The van der Waals surface area contributed by atoms with E-state index < -0.39 is 0 Å². The lowest BCUT2D eigenvalue weighted by Crippen LogP contribution is -2.10. The van der Waals surface area contributed by atoms with E-state index in [1.807, 2.05) is 19.2 Å². The summed E-state index contributed by atoms with van der Waals surface area (Å²) < 4.78 is 17.1. The number of ether oxygens (including phenoxy) is 3. The Morgan fingerprint density at radius 2 is 2.00 bits per heavy atom. The fraction of sp³-hybridized carbons (Fsp3) is 0.571. The second-order valence-corrected chi connectivity index (χ2v) is 5.01. The molecule has 0 fully saturated rings. The Hall–Kier alpha value is -0.620. The zero-order valence-corrected chi connectivity index (χ0v) is 13.2. The topological polar surface area (TPSA) is 39.7 Å². The van der Waals surface area contributed by atoms with Crippen LogP contribution in [0.15, 0.2) is 22.7 Å². The Morgan fingerprint density at radius 3 is 2.74 bits per heavy atom. The van der Waals surface area contributed by atoms with Gasteiger partial charge in [0, 0.05) is 36.7 Å². The van der Waals surface area contributed by atoms with Crippen LogP contribution >= 0.6 is 15.9 Å². The molecule has 19 heavy (non-hydrogen) atoms. The van der Waals surface area contributed by atoms with Gasteiger partial charge in [0.15, 0.2) is 0 Å². The number of halogens is 1. The second-order valence-electron chi connectivity index (χ2n) is 4.09. The van der Waals surface area contributed by atoms with Crippen LogP contribution in [0.5, 0.6) is 5.75 Å². The van der Waals surface area contributed by atoms with Crippen LogP contribution in [0.1, 0.15) is 12.0 Å². The first kappa shape index (κ1) is 16.4. The van der Waals surface area contributed by atoms with Gasteiger partial charge in [0.05, 0.1) is 19.8 Å². The summed E-state index contributed by atoms with van der Waals surface area (Å²) in [4.78, 5) is 0. The summed E-state index contributed by atoms with van der Waals surface area (Å²) in [7, 11) is 3.59. The lowest BCUT2D eigenvalue weighted by atomic mass is 10.2. The van der Waals surface area contributed by atoms with Gasteiger partial charge in [-0.25, -0.2) is 0 Å². The van der Waals surface area contributed by atoms with Gasteiger partial charge in [-0.3, -0.25) is 0 Å². The zero-order valence-electron chi connectivity index (χ0n) is 11.6. The Labute approximate surface area is 123 Å². The van der Waals surface area contributed by atoms with Crippen molar-refractivity contribution in [2.75, 3.05) is 40.6 Å². The Balaban J connectivity index is 2.28.